The number of nitrogens with one attached hydrogen (secondary N) is 2. The van der Waals surface area contributed by atoms with Crippen molar-refractivity contribution in [2.24, 2.45) is 0 Å². The molecule has 0 unspecified atom stereocenters. The van der Waals surface area contributed by atoms with Crippen molar-refractivity contribution >= 4 is 23.5 Å². The molecule has 1 fully saturated rings. The summed E-state index contributed by atoms with van der Waals surface area (Å²) in [4.78, 5) is 44.0. The Morgan fingerprint density at radius 2 is 1.87 bits per heavy atom. The number of piperazine rings is 1. The number of aromatic nitrogens is 1. The molecule has 166 valence electrons. The SMILES string of the molecule is CCOC(=O)c1[nH]c(C)c(C(=O)N2CCN(CC(=O)Nc3cccc(F)c3)CC2)c1C. The van der Waals surface area contributed by atoms with Crippen LogP contribution in [0.5, 0.6) is 0 Å². The van der Waals surface area contributed by atoms with Crippen molar-refractivity contribution in [3.63, 3.8) is 0 Å². The van der Waals surface area contributed by atoms with Crippen LogP contribution in [0.2, 0.25) is 0 Å². The van der Waals surface area contributed by atoms with E-state index in [2.05, 4.69) is 10.3 Å². The van der Waals surface area contributed by atoms with E-state index >= 15 is 0 Å². The molecule has 1 aliphatic rings. The maximum absolute atomic E-state index is 13.2. The first-order valence-corrected chi connectivity index (χ1v) is 10.2. The summed E-state index contributed by atoms with van der Waals surface area (Å²) in [5, 5.41) is 2.68. The van der Waals surface area contributed by atoms with Crippen LogP contribution < -0.4 is 5.32 Å². The van der Waals surface area contributed by atoms with Crippen LogP contribution >= 0.6 is 0 Å². The van der Waals surface area contributed by atoms with Crippen LogP contribution in [0, 0.1) is 19.7 Å². The number of aryl methyl sites for hydroxylation is 1. The summed E-state index contributed by atoms with van der Waals surface area (Å²) in [7, 11) is 0. The molecule has 3 rings (SSSR count). The number of H-pyrrole nitrogens is 1. The molecule has 8 nitrogen and oxygen atoms in total. The molecule has 1 aliphatic heterocycles. The van der Waals surface area contributed by atoms with Crippen LogP contribution in [0.25, 0.3) is 0 Å². The third-order valence-corrected chi connectivity index (χ3v) is 5.27. The maximum Gasteiger partial charge on any atom is 0.355 e. The van der Waals surface area contributed by atoms with Gasteiger partial charge < -0.3 is 19.9 Å². The Bertz CT molecular complexity index is 980. The van der Waals surface area contributed by atoms with E-state index in [1.807, 2.05) is 4.90 Å². The minimum atomic E-state index is -0.476. The first-order chi connectivity index (χ1) is 14.8. The predicted octanol–water partition coefficient (Wildman–Crippen LogP) is 2.34. The van der Waals surface area contributed by atoms with Gasteiger partial charge in [-0.15, -0.1) is 0 Å². The highest BCUT2D eigenvalue weighted by molar-refractivity contribution is 6.01. The lowest BCUT2D eigenvalue weighted by Crippen LogP contribution is -2.50. The fourth-order valence-electron chi connectivity index (χ4n) is 3.72. The van der Waals surface area contributed by atoms with Gasteiger partial charge in [-0.25, -0.2) is 9.18 Å². The Morgan fingerprint density at radius 1 is 1.16 bits per heavy atom. The molecule has 0 spiro atoms. The third-order valence-electron chi connectivity index (χ3n) is 5.27. The topological polar surface area (TPSA) is 94.7 Å². The van der Waals surface area contributed by atoms with E-state index in [4.69, 9.17) is 4.74 Å². The van der Waals surface area contributed by atoms with Gasteiger partial charge in [0.1, 0.15) is 11.5 Å². The molecular weight excluding hydrogens is 403 g/mol. The Labute approximate surface area is 180 Å². The Kier molecular flexibility index (Phi) is 7.06. The number of rotatable bonds is 6. The number of halogens is 1. The lowest BCUT2D eigenvalue weighted by Gasteiger charge is -2.34. The van der Waals surface area contributed by atoms with Gasteiger partial charge in [0, 0.05) is 37.6 Å². The summed E-state index contributed by atoms with van der Waals surface area (Å²) in [5.74, 6) is -1.27. The summed E-state index contributed by atoms with van der Waals surface area (Å²) < 4.78 is 18.3. The molecule has 1 saturated heterocycles. The highest BCUT2D eigenvalue weighted by Gasteiger charge is 2.28. The molecule has 0 radical (unpaired) electrons. The third kappa shape index (κ3) is 5.29. The second-order valence-electron chi connectivity index (χ2n) is 7.47. The Morgan fingerprint density at radius 3 is 2.52 bits per heavy atom. The summed E-state index contributed by atoms with van der Waals surface area (Å²) in [6.45, 7) is 7.64. The molecule has 2 N–H and O–H groups in total. The van der Waals surface area contributed by atoms with Crippen LogP contribution in [-0.4, -0.2) is 71.9 Å². The van der Waals surface area contributed by atoms with Crippen molar-refractivity contribution in [3.8, 4) is 0 Å². The standard InChI is InChI=1S/C22H27FN4O4/c1-4-31-22(30)20-14(2)19(15(3)24-20)21(29)27-10-8-26(9-11-27)13-18(28)25-17-7-5-6-16(23)12-17/h5-7,12,24H,4,8-11,13H2,1-3H3,(H,25,28). The van der Waals surface area contributed by atoms with E-state index in [0.29, 0.717) is 54.4 Å². The molecule has 1 aromatic carbocycles. The molecule has 2 aromatic rings. The zero-order valence-corrected chi connectivity index (χ0v) is 18.0. The fraction of sp³-hybridized carbons (Fsp3) is 0.409. The van der Waals surface area contributed by atoms with Gasteiger partial charge >= 0.3 is 5.97 Å². The van der Waals surface area contributed by atoms with Gasteiger partial charge in [-0.3, -0.25) is 14.5 Å². The van der Waals surface area contributed by atoms with Crippen molar-refractivity contribution in [1.82, 2.24) is 14.8 Å². The van der Waals surface area contributed by atoms with E-state index in [1.54, 1.807) is 31.7 Å². The highest BCUT2D eigenvalue weighted by Crippen LogP contribution is 2.21. The number of benzene rings is 1. The number of aromatic amines is 1. The summed E-state index contributed by atoms with van der Waals surface area (Å²) >= 11 is 0. The predicted molar refractivity (Wildman–Crippen MR) is 114 cm³/mol. The zero-order chi connectivity index (χ0) is 22.5. The van der Waals surface area contributed by atoms with Crippen LogP contribution in [0.1, 0.15) is 39.0 Å². The molecule has 0 atom stereocenters. The zero-order valence-electron chi connectivity index (χ0n) is 18.0. The molecule has 1 aromatic heterocycles. The van der Waals surface area contributed by atoms with E-state index in [0.717, 1.165) is 0 Å². The molecule has 9 heteroatoms. The van der Waals surface area contributed by atoms with Gasteiger partial charge in [0.2, 0.25) is 5.91 Å². The second kappa shape index (κ2) is 9.74. The van der Waals surface area contributed by atoms with Gasteiger partial charge in [0.05, 0.1) is 18.7 Å². The molecule has 0 aliphatic carbocycles. The van der Waals surface area contributed by atoms with E-state index in [1.165, 1.54) is 18.2 Å². The molecular formula is C22H27FN4O4. The van der Waals surface area contributed by atoms with E-state index in [9.17, 15) is 18.8 Å². The second-order valence-corrected chi connectivity index (χ2v) is 7.47. The average molecular weight is 430 g/mol. The first kappa shape index (κ1) is 22.5. The average Bonchev–Trinajstić information content (AvgIpc) is 3.02. The normalized spacial score (nSPS) is 14.4. The number of nitrogens with zero attached hydrogens (tertiary/aromatic N) is 2. The Balaban J connectivity index is 1.56. The largest absolute Gasteiger partial charge is 0.461 e. The lowest BCUT2D eigenvalue weighted by atomic mass is 10.1. The minimum Gasteiger partial charge on any atom is -0.461 e. The summed E-state index contributed by atoms with van der Waals surface area (Å²) in [6, 6.07) is 5.74. The van der Waals surface area contributed by atoms with Gasteiger partial charge in [-0.05, 0) is 44.5 Å². The monoisotopic (exact) mass is 430 g/mol. The van der Waals surface area contributed by atoms with E-state index < -0.39 is 11.8 Å². The van der Waals surface area contributed by atoms with Crippen LogP contribution in [-0.2, 0) is 9.53 Å². The number of ether oxygens (including phenoxy) is 1. The van der Waals surface area contributed by atoms with Crippen LogP contribution in [0.4, 0.5) is 10.1 Å². The number of anilines is 1. The van der Waals surface area contributed by atoms with E-state index in [-0.39, 0.29) is 25.0 Å². The molecule has 2 amide bonds. The van der Waals surface area contributed by atoms with Crippen LogP contribution in [0.3, 0.4) is 0 Å². The van der Waals surface area contributed by atoms with Crippen molar-refractivity contribution in [2.75, 3.05) is 44.6 Å². The van der Waals surface area contributed by atoms with Crippen molar-refractivity contribution in [3.05, 3.63) is 52.6 Å². The summed E-state index contributed by atoms with van der Waals surface area (Å²) in [5.41, 5.74) is 2.41. The number of esters is 1. The number of hydrogen-bond donors (Lipinski definition) is 2. The fourth-order valence-corrected chi connectivity index (χ4v) is 3.72. The Hall–Kier alpha value is -3.20. The van der Waals surface area contributed by atoms with Gasteiger partial charge in [-0.1, -0.05) is 6.07 Å². The molecule has 0 saturated carbocycles. The molecule has 0 bridgehead atoms. The lowest BCUT2D eigenvalue weighted by molar-refractivity contribution is -0.117. The summed E-state index contributed by atoms with van der Waals surface area (Å²) in [6.07, 6.45) is 0. The smallest absolute Gasteiger partial charge is 0.355 e. The van der Waals surface area contributed by atoms with Crippen molar-refractivity contribution < 1.29 is 23.5 Å². The van der Waals surface area contributed by atoms with Gasteiger partial charge in [0.15, 0.2) is 0 Å². The number of amides is 2. The van der Waals surface area contributed by atoms with Crippen LogP contribution in [0.15, 0.2) is 24.3 Å². The van der Waals surface area contributed by atoms with Gasteiger partial charge in [-0.2, -0.15) is 0 Å². The van der Waals surface area contributed by atoms with Crippen molar-refractivity contribution in [1.29, 1.82) is 0 Å². The molecule has 2 heterocycles. The first-order valence-electron chi connectivity index (χ1n) is 10.2. The van der Waals surface area contributed by atoms with Crippen molar-refractivity contribution in [2.45, 2.75) is 20.8 Å². The number of carbonyl (C=O) groups excluding carboxylic acids is 3. The number of hydrogen-bond acceptors (Lipinski definition) is 5. The number of carbonyl (C=O) groups is 3. The highest BCUT2D eigenvalue weighted by atomic mass is 19.1. The van der Waals surface area contributed by atoms with Gasteiger partial charge in [0.25, 0.3) is 5.91 Å². The minimum absolute atomic E-state index is 0.148. The molecule has 31 heavy (non-hydrogen) atoms. The maximum atomic E-state index is 13.2. The quantitative estimate of drug-likeness (QED) is 0.686.